The van der Waals surface area contributed by atoms with Gasteiger partial charge < -0.3 is 10.6 Å². The zero-order valence-corrected chi connectivity index (χ0v) is 12.9. The fourth-order valence-electron chi connectivity index (χ4n) is 1.79. The minimum absolute atomic E-state index is 0.0309. The Bertz CT molecular complexity index is 632. The van der Waals surface area contributed by atoms with Crippen LogP contribution in [0.2, 0.25) is 0 Å². The molecular weight excluding hydrogens is 306 g/mol. The molecule has 21 heavy (non-hydrogen) atoms. The summed E-state index contributed by atoms with van der Waals surface area (Å²) in [6, 6.07) is 4.19. The Balaban J connectivity index is 1.47. The lowest BCUT2D eigenvalue weighted by atomic mass is 10.3. The zero-order chi connectivity index (χ0) is 14.7. The predicted molar refractivity (Wildman–Crippen MR) is 82.5 cm³/mol. The van der Waals surface area contributed by atoms with Gasteiger partial charge in [0.1, 0.15) is 10.7 Å². The maximum absolute atomic E-state index is 11.8. The van der Waals surface area contributed by atoms with Crippen LogP contribution in [-0.2, 0) is 17.8 Å². The van der Waals surface area contributed by atoms with Crippen LogP contribution in [-0.4, -0.2) is 22.8 Å². The number of thiophene rings is 1. The van der Waals surface area contributed by atoms with Gasteiger partial charge in [0.25, 0.3) is 5.91 Å². The van der Waals surface area contributed by atoms with Gasteiger partial charge in [-0.2, -0.15) is 0 Å². The summed E-state index contributed by atoms with van der Waals surface area (Å²) in [6.07, 6.45) is 2.50. The first-order valence-corrected chi connectivity index (χ1v) is 8.51. The summed E-state index contributed by atoms with van der Waals surface area (Å²) in [5.74, 6) is -0.151. The molecule has 2 N–H and O–H groups in total. The summed E-state index contributed by atoms with van der Waals surface area (Å²) >= 11 is 2.96. The van der Waals surface area contributed by atoms with Crippen molar-refractivity contribution in [3.63, 3.8) is 0 Å². The lowest BCUT2D eigenvalue weighted by Crippen LogP contribution is -2.26. The van der Waals surface area contributed by atoms with E-state index in [9.17, 15) is 9.59 Å². The summed E-state index contributed by atoms with van der Waals surface area (Å²) in [4.78, 5) is 28.9. The Labute approximate surface area is 130 Å². The van der Waals surface area contributed by atoms with Crippen molar-refractivity contribution in [3.05, 3.63) is 38.5 Å². The molecule has 7 heteroatoms. The molecule has 2 amide bonds. The highest BCUT2D eigenvalue weighted by molar-refractivity contribution is 7.10. The summed E-state index contributed by atoms with van der Waals surface area (Å²) in [7, 11) is 0. The fourth-order valence-corrected chi connectivity index (χ4v) is 3.21. The van der Waals surface area contributed by atoms with Crippen LogP contribution in [0.5, 0.6) is 0 Å². The van der Waals surface area contributed by atoms with Crippen LogP contribution in [0.15, 0.2) is 22.9 Å². The van der Waals surface area contributed by atoms with E-state index in [0.29, 0.717) is 24.7 Å². The van der Waals surface area contributed by atoms with Crippen LogP contribution >= 0.6 is 22.7 Å². The molecule has 1 fully saturated rings. The Morgan fingerprint density at radius 1 is 1.33 bits per heavy atom. The smallest absolute Gasteiger partial charge is 0.270 e. The molecule has 1 saturated carbocycles. The molecule has 5 nitrogen and oxygen atoms in total. The molecule has 1 aliphatic rings. The first kappa shape index (κ1) is 14.2. The van der Waals surface area contributed by atoms with Crippen molar-refractivity contribution in [3.8, 4) is 0 Å². The molecule has 0 aliphatic heterocycles. The van der Waals surface area contributed by atoms with E-state index in [1.165, 1.54) is 11.3 Å². The molecule has 0 radical (unpaired) electrons. The van der Waals surface area contributed by atoms with Crippen molar-refractivity contribution in [2.24, 2.45) is 0 Å². The molecule has 0 unspecified atom stereocenters. The molecule has 2 aromatic rings. The largest absolute Gasteiger partial charge is 0.349 e. The van der Waals surface area contributed by atoms with E-state index >= 15 is 0 Å². The third kappa shape index (κ3) is 4.12. The highest BCUT2D eigenvalue weighted by Gasteiger charge is 2.24. The third-order valence-electron chi connectivity index (χ3n) is 3.05. The average molecular weight is 321 g/mol. The predicted octanol–water partition coefficient (Wildman–Crippen LogP) is 1.96. The van der Waals surface area contributed by atoms with E-state index in [4.69, 9.17) is 0 Å². The topological polar surface area (TPSA) is 71.1 Å². The van der Waals surface area contributed by atoms with E-state index in [1.807, 2.05) is 17.5 Å². The SMILES string of the molecule is O=C(Cc1cccs1)NCc1nc(C(=O)NC2CC2)cs1. The minimum atomic E-state index is -0.120. The van der Waals surface area contributed by atoms with Crippen LogP contribution in [0.3, 0.4) is 0 Å². The second-order valence-electron chi connectivity index (χ2n) is 4.91. The number of hydrogen-bond donors (Lipinski definition) is 2. The quantitative estimate of drug-likeness (QED) is 0.854. The molecule has 0 saturated heterocycles. The van der Waals surface area contributed by atoms with Crippen molar-refractivity contribution in [1.29, 1.82) is 0 Å². The van der Waals surface area contributed by atoms with Crippen molar-refractivity contribution in [2.75, 3.05) is 0 Å². The molecule has 2 aromatic heterocycles. The van der Waals surface area contributed by atoms with E-state index < -0.39 is 0 Å². The van der Waals surface area contributed by atoms with Crippen molar-refractivity contribution in [2.45, 2.75) is 31.8 Å². The number of nitrogens with zero attached hydrogens (tertiary/aromatic N) is 1. The number of carbonyl (C=O) groups excluding carboxylic acids is 2. The number of amides is 2. The fraction of sp³-hybridized carbons (Fsp3) is 0.357. The molecule has 0 bridgehead atoms. The summed E-state index contributed by atoms with van der Waals surface area (Å²) in [5, 5.41) is 10.2. The maximum atomic E-state index is 11.8. The van der Waals surface area contributed by atoms with Crippen molar-refractivity contribution >= 4 is 34.5 Å². The van der Waals surface area contributed by atoms with Crippen LogP contribution in [0, 0.1) is 0 Å². The van der Waals surface area contributed by atoms with E-state index in [1.54, 1.807) is 16.7 Å². The van der Waals surface area contributed by atoms with Crippen LogP contribution in [0.25, 0.3) is 0 Å². The standard InChI is InChI=1S/C14H15N3O2S2/c18-12(6-10-2-1-5-20-10)15-7-13-17-11(8-21-13)14(19)16-9-3-4-9/h1-2,5,8-9H,3-4,6-7H2,(H,15,18)(H,16,19). The molecule has 3 rings (SSSR count). The Morgan fingerprint density at radius 2 is 2.19 bits per heavy atom. The molecule has 2 heterocycles. The number of nitrogens with one attached hydrogen (secondary N) is 2. The second-order valence-corrected chi connectivity index (χ2v) is 6.88. The van der Waals surface area contributed by atoms with Crippen molar-refractivity contribution < 1.29 is 9.59 Å². The minimum Gasteiger partial charge on any atom is -0.349 e. The van der Waals surface area contributed by atoms with Gasteiger partial charge in [0.15, 0.2) is 0 Å². The molecule has 0 spiro atoms. The molecule has 0 aromatic carbocycles. The lowest BCUT2D eigenvalue weighted by molar-refractivity contribution is -0.120. The summed E-state index contributed by atoms with van der Waals surface area (Å²) in [6.45, 7) is 0.367. The highest BCUT2D eigenvalue weighted by atomic mass is 32.1. The van der Waals surface area contributed by atoms with Gasteiger partial charge in [-0.05, 0) is 24.3 Å². The number of hydrogen-bond acceptors (Lipinski definition) is 5. The molecule has 1 aliphatic carbocycles. The van der Waals surface area contributed by atoms with Crippen LogP contribution in [0.4, 0.5) is 0 Å². The second kappa shape index (κ2) is 6.36. The van der Waals surface area contributed by atoms with Crippen LogP contribution in [0.1, 0.15) is 33.2 Å². The van der Waals surface area contributed by atoms with Gasteiger partial charge >= 0.3 is 0 Å². The van der Waals surface area contributed by atoms with E-state index in [-0.39, 0.29) is 11.8 Å². The van der Waals surface area contributed by atoms with Gasteiger partial charge in [-0.15, -0.1) is 22.7 Å². The van der Waals surface area contributed by atoms with Crippen molar-refractivity contribution in [1.82, 2.24) is 15.6 Å². The van der Waals surface area contributed by atoms with Crippen LogP contribution < -0.4 is 10.6 Å². The first-order chi connectivity index (χ1) is 10.2. The summed E-state index contributed by atoms with van der Waals surface area (Å²) < 4.78 is 0. The van der Waals surface area contributed by atoms with Gasteiger partial charge in [-0.3, -0.25) is 9.59 Å². The Hall–Kier alpha value is -1.73. The van der Waals surface area contributed by atoms with E-state index in [2.05, 4.69) is 15.6 Å². The van der Waals surface area contributed by atoms with E-state index in [0.717, 1.165) is 22.7 Å². The van der Waals surface area contributed by atoms with Gasteiger partial charge in [0, 0.05) is 16.3 Å². The maximum Gasteiger partial charge on any atom is 0.270 e. The summed E-state index contributed by atoms with van der Waals surface area (Å²) in [5.41, 5.74) is 0.439. The highest BCUT2D eigenvalue weighted by Crippen LogP contribution is 2.19. The molecule has 0 atom stereocenters. The number of thiazole rings is 1. The van der Waals surface area contributed by atoms with Gasteiger partial charge in [0.2, 0.25) is 5.91 Å². The number of rotatable bonds is 6. The Kier molecular flexibility index (Phi) is 4.31. The zero-order valence-electron chi connectivity index (χ0n) is 11.3. The first-order valence-electron chi connectivity index (χ1n) is 6.75. The normalized spacial score (nSPS) is 13.9. The molecular formula is C14H15N3O2S2. The monoisotopic (exact) mass is 321 g/mol. The Morgan fingerprint density at radius 3 is 2.90 bits per heavy atom. The van der Waals surface area contributed by atoms with Gasteiger partial charge in [-0.25, -0.2) is 4.98 Å². The third-order valence-corrected chi connectivity index (χ3v) is 4.77. The average Bonchev–Trinajstić information content (AvgIpc) is 2.94. The lowest BCUT2D eigenvalue weighted by Gasteiger charge is -2.01. The van der Waals surface area contributed by atoms with Gasteiger partial charge in [0.05, 0.1) is 13.0 Å². The number of carbonyl (C=O) groups is 2. The number of aromatic nitrogens is 1. The molecule has 110 valence electrons. The van der Waals surface area contributed by atoms with Gasteiger partial charge in [-0.1, -0.05) is 6.07 Å².